The first kappa shape index (κ1) is 18.7. The van der Waals surface area contributed by atoms with Gasteiger partial charge in [-0.05, 0) is 48.1 Å². The fourth-order valence-electron chi connectivity index (χ4n) is 3.05. The van der Waals surface area contributed by atoms with Crippen molar-refractivity contribution in [2.75, 3.05) is 0 Å². The molecule has 0 fully saturated rings. The molecule has 0 aliphatic rings. The summed E-state index contributed by atoms with van der Waals surface area (Å²) in [5.41, 5.74) is 3.32. The van der Waals surface area contributed by atoms with Gasteiger partial charge in [-0.1, -0.05) is 72.8 Å². The van der Waals surface area contributed by atoms with Crippen molar-refractivity contribution in [1.82, 2.24) is 0 Å². The van der Waals surface area contributed by atoms with E-state index in [0.717, 1.165) is 28.9 Å². The van der Waals surface area contributed by atoms with Crippen molar-refractivity contribution in [2.45, 2.75) is 25.9 Å². The fraction of sp³-hybridized carbons (Fsp3) is 0.208. The zero-order valence-electron chi connectivity index (χ0n) is 15.3. The van der Waals surface area contributed by atoms with Crippen LogP contribution in [0.1, 0.15) is 23.1 Å². The molecule has 0 saturated carbocycles. The second-order valence-corrected chi connectivity index (χ2v) is 6.68. The van der Waals surface area contributed by atoms with Crippen molar-refractivity contribution < 1.29 is 14.6 Å². The van der Waals surface area contributed by atoms with E-state index < -0.39 is 5.97 Å². The summed E-state index contributed by atoms with van der Waals surface area (Å²) in [5, 5.41) is 9.51. The minimum atomic E-state index is -0.735. The SMILES string of the molecule is O=C(O)C(CCc1ccc(OCc2ccccc2)cc1)Cc1ccccc1. The summed E-state index contributed by atoms with van der Waals surface area (Å²) >= 11 is 0. The number of carbonyl (C=O) groups is 1. The molecule has 1 unspecified atom stereocenters. The fourth-order valence-corrected chi connectivity index (χ4v) is 3.05. The third kappa shape index (κ3) is 6.00. The van der Waals surface area contributed by atoms with Gasteiger partial charge in [0.1, 0.15) is 12.4 Å². The smallest absolute Gasteiger partial charge is 0.306 e. The van der Waals surface area contributed by atoms with Crippen LogP contribution in [0.15, 0.2) is 84.9 Å². The molecule has 0 radical (unpaired) electrons. The zero-order chi connectivity index (χ0) is 18.9. The molecule has 138 valence electrons. The molecule has 0 bridgehead atoms. The van der Waals surface area contributed by atoms with E-state index >= 15 is 0 Å². The molecular weight excluding hydrogens is 336 g/mol. The Bertz CT molecular complexity index is 827. The van der Waals surface area contributed by atoms with Crippen LogP contribution in [0.4, 0.5) is 0 Å². The molecule has 3 heteroatoms. The first-order valence-corrected chi connectivity index (χ1v) is 9.23. The number of hydrogen-bond donors (Lipinski definition) is 1. The Morgan fingerprint density at radius 3 is 1.96 bits per heavy atom. The summed E-state index contributed by atoms with van der Waals surface area (Å²) in [5.74, 6) is -0.287. The Labute approximate surface area is 160 Å². The molecule has 0 aromatic heterocycles. The second-order valence-electron chi connectivity index (χ2n) is 6.68. The van der Waals surface area contributed by atoms with Gasteiger partial charge in [-0.3, -0.25) is 4.79 Å². The van der Waals surface area contributed by atoms with E-state index in [0.29, 0.717) is 19.4 Å². The third-order valence-electron chi connectivity index (χ3n) is 4.63. The van der Waals surface area contributed by atoms with Crippen LogP contribution in [0.25, 0.3) is 0 Å². The number of carboxylic acids is 1. The molecule has 0 heterocycles. The molecule has 0 spiro atoms. The standard InChI is InChI=1S/C24H24O3/c25-24(26)22(17-20-7-3-1-4-8-20)14-11-19-12-15-23(16-13-19)27-18-21-9-5-2-6-10-21/h1-10,12-13,15-16,22H,11,14,17-18H2,(H,25,26). The number of rotatable bonds is 9. The number of hydrogen-bond acceptors (Lipinski definition) is 2. The maximum atomic E-state index is 11.6. The molecule has 0 aliphatic carbocycles. The molecule has 0 aliphatic heterocycles. The Kier molecular flexibility index (Phi) is 6.64. The predicted molar refractivity (Wildman–Crippen MR) is 107 cm³/mol. The summed E-state index contributed by atoms with van der Waals surface area (Å²) in [6.45, 7) is 0.540. The van der Waals surface area contributed by atoms with Gasteiger partial charge in [0.2, 0.25) is 0 Å². The van der Waals surface area contributed by atoms with E-state index in [1.807, 2.05) is 84.9 Å². The van der Waals surface area contributed by atoms with Crippen molar-refractivity contribution in [3.8, 4) is 5.75 Å². The average Bonchev–Trinajstić information content (AvgIpc) is 2.71. The summed E-state index contributed by atoms with van der Waals surface area (Å²) in [6, 6.07) is 27.8. The third-order valence-corrected chi connectivity index (χ3v) is 4.63. The molecule has 3 rings (SSSR count). The van der Waals surface area contributed by atoms with Crippen LogP contribution in [-0.2, 0) is 24.2 Å². The van der Waals surface area contributed by atoms with E-state index in [-0.39, 0.29) is 5.92 Å². The van der Waals surface area contributed by atoms with E-state index in [1.54, 1.807) is 0 Å². The van der Waals surface area contributed by atoms with Crippen LogP contribution < -0.4 is 4.74 Å². The summed E-state index contributed by atoms with van der Waals surface area (Å²) in [6.07, 6.45) is 1.92. The Morgan fingerprint density at radius 2 is 1.37 bits per heavy atom. The lowest BCUT2D eigenvalue weighted by Crippen LogP contribution is -2.17. The highest BCUT2D eigenvalue weighted by molar-refractivity contribution is 5.70. The number of aryl methyl sites for hydroxylation is 1. The lowest BCUT2D eigenvalue weighted by atomic mass is 9.93. The van der Waals surface area contributed by atoms with Crippen molar-refractivity contribution in [3.05, 3.63) is 102 Å². The van der Waals surface area contributed by atoms with Gasteiger partial charge in [-0.15, -0.1) is 0 Å². The minimum absolute atomic E-state index is 0.374. The van der Waals surface area contributed by atoms with E-state index in [4.69, 9.17) is 4.74 Å². The van der Waals surface area contributed by atoms with E-state index in [2.05, 4.69) is 0 Å². The number of carboxylic acid groups (broad SMARTS) is 1. The van der Waals surface area contributed by atoms with Gasteiger partial charge in [-0.25, -0.2) is 0 Å². The monoisotopic (exact) mass is 360 g/mol. The van der Waals surface area contributed by atoms with Crippen LogP contribution in [0, 0.1) is 5.92 Å². The topological polar surface area (TPSA) is 46.5 Å². The number of aliphatic carboxylic acids is 1. The van der Waals surface area contributed by atoms with Crippen LogP contribution in [-0.4, -0.2) is 11.1 Å². The first-order valence-electron chi connectivity index (χ1n) is 9.23. The highest BCUT2D eigenvalue weighted by atomic mass is 16.5. The average molecular weight is 360 g/mol. The van der Waals surface area contributed by atoms with E-state index in [1.165, 1.54) is 0 Å². The van der Waals surface area contributed by atoms with Gasteiger partial charge in [0.05, 0.1) is 5.92 Å². The van der Waals surface area contributed by atoms with Gasteiger partial charge in [0, 0.05) is 0 Å². The van der Waals surface area contributed by atoms with Gasteiger partial charge in [-0.2, -0.15) is 0 Å². The normalized spacial score (nSPS) is 11.7. The van der Waals surface area contributed by atoms with Crippen LogP contribution in [0.2, 0.25) is 0 Å². The van der Waals surface area contributed by atoms with E-state index in [9.17, 15) is 9.90 Å². The highest BCUT2D eigenvalue weighted by Gasteiger charge is 2.17. The second kappa shape index (κ2) is 9.58. The van der Waals surface area contributed by atoms with Crippen LogP contribution in [0.5, 0.6) is 5.75 Å². The lowest BCUT2D eigenvalue weighted by Gasteiger charge is -2.13. The largest absolute Gasteiger partial charge is 0.489 e. The quantitative estimate of drug-likeness (QED) is 0.574. The van der Waals surface area contributed by atoms with Gasteiger partial charge >= 0.3 is 5.97 Å². The molecule has 1 N–H and O–H groups in total. The van der Waals surface area contributed by atoms with Gasteiger partial charge < -0.3 is 9.84 Å². The lowest BCUT2D eigenvalue weighted by molar-refractivity contribution is -0.141. The highest BCUT2D eigenvalue weighted by Crippen LogP contribution is 2.19. The predicted octanol–water partition coefficient (Wildman–Crippen LogP) is 5.14. The zero-order valence-corrected chi connectivity index (χ0v) is 15.3. The summed E-state index contributed by atoms with van der Waals surface area (Å²) < 4.78 is 5.80. The van der Waals surface area contributed by atoms with Gasteiger partial charge in [0.15, 0.2) is 0 Å². The summed E-state index contributed by atoms with van der Waals surface area (Å²) in [7, 11) is 0. The minimum Gasteiger partial charge on any atom is -0.489 e. The van der Waals surface area contributed by atoms with Crippen molar-refractivity contribution >= 4 is 5.97 Å². The van der Waals surface area contributed by atoms with Crippen LogP contribution >= 0.6 is 0 Å². The molecule has 3 aromatic carbocycles. The molecule has 27 heavy (non-hydrogen) atoms. The molecule has 0 amide bonds. The summed E-state index contributed by atoms with van der Waals surface area (Å²) in [4.78, 5) is 11.6. The van der Waals surface area contributed by atoms with Crippen molar-refractivity contribution in [1.29, 1.82) is 0 Å². The van der Waals surface area contributed by atoms with Crippen molar-refractivity contribution in [3.63, 3.8) is 0 Å². The number of benzene rings is 3. The maximum absolute atomic E-state index is 11.6. The molecule has 0 saturated heterocycles. The Hall–Kier alpha value is -3.07. The molecule has 3 nitrogen and oxygen atoms in total. The van der Waals surface area contributed by atoms with Crippen molar-refractivity contribution in [2.24, 2.45) is 5.92 Å². The van der Waals surface area contributed by atoms with Gasteiger partial charge in [0.25, 0.3) is 0 Å². The molecular formula is C24H24O3. The number of ether oxygens (including phenoxy) is 1. The van der Waals surface area contributed by atoms with Crippen LogP contribution in [0.3, 0.4) is 0 Å². The maximum Gasteiger partial charge on any atom is 0.306 e. The Morgan fingerprint density at radius 1 is 0.778 bits per heavy atom. The molecule has 3 aromatic rings. The molecule has 1 atom stereocenters. The first-order chi connectivity index (χ1) is 13.2. The Balaban J connectivity index is 1.51.